The minimum absolute atomic E-state index is 0.683. The van der Waals surface area contributed by atoms with Crippen LogP contribution in [0.2, 0.25) is 5.02 Å². The standard InChI is InChI=1S/C15H16ClNOS/c1-10-3-5-14(18-2)11(7-10)9-19-15-6-4-12(17)8-13(15)16/h3-8H,9,17H2,1-2H3. The third-order valence-electron chi connectivity index (χ3n) is 2.78. The number of hydrogen-bond donors (Lipinski definition) is 1. The highest BCUT2D eigenvalue weighted by molar-refractivity contribution is 7.98. The number of ether oxygens (including phenoxy) is 1. The largest absolute Gasteiger partial charge is 0.496 e. The predicted molar refractivity (Wildman–Crippen MR) is 83.2 cm³/mol. The van der Waals surface area contributed by atoms with Gasteiger partial charge in [0, 0.05) is 21.9 Å². The lowest BCUT2D eigenvalue weighted by atomic mass is 10.1. The molecular formula is C15H16ClNOS. The van der Waals surface area contributed by atoms with E-state index in [1.807, 2.05) is 24.3 Å². The number of thioether (sulfide) groups is 1. The van der Waals surface area contributed by atoms with Crippen LogP contribution in [-0.4, -0.2) is 7.11 Å². The molecule has 2 rings (SSSR count). The summed E-state index contributed by atoms with van der Waals surface area (Å²) < 4.78 is 5.37. The van der Waals surface area contributed by atoms with Crippen LogP contribution >= 0.6 is 23.4 Å². The minimum atomic E-state index is 0.683. The molecule has 0 aliphatic carbocycles. The molecular weight excluding hydrogens is 278 g/mol. The van der Waals surface area contributed by atoms with E-state index in [4.69, 9.17) is 22.1 Å². The SMILES string of the molecule is COc1ccc(C)cc1CSc1ccc(N)cc1Cl. The van der Waals surface area contributed by atoms with E-state index < -0.39 is 0 Å². The van der Waals surface area contributed by atoms with Crippen molar-refractivity contribution < 1.29 is 4.74 Å². The number of rotatable bonds is 4. The van der Waals surface area contributed by atoms with Crippen LogP contribution in [0.3, 0.4) is 0 Å². The molecule has 0 aliphatic rings. The van der Waals surface area contributed by atoms with Crippen molar-refractivity contribution in [1.29, 1.82) is 0 Å². The van der Waals surface area contributed by atoms with E-state index in [1.165, 1.54) is 11.1 Å². The molecule has 2 aromatic carbocycles. The first-order valence-corrected chi connectivity index (χ1v) is 7.28. The Balaban J connectivity index is 2.16. The highest BCUT2D eigenvalue weighted by atomic mass is 35.5. The Morgan fingerprint density at radius 1 is 1.21 bits per heavy atom. The zero-order valence-corrected chi connectivity index (χ0v) is 12.5. The lowest BCUT2D eigenvalue weighted by Crippen LogP contribution is -1.91. The van der Waals surface area contributed by atoms with Gasteiger partial charge in [-0.1, -0.05) is 29.3 Å². The maximum absolute atomic E-state index is 6.17. The van der Waals surface area contributed by atoms with Gasteiger partial charge in [-0.3, -0.25) is 0 Å². The zero-order valence-electron chi connectivity index (χ0n) is 10.9. The maximum Gasteiger partial charge on any atom is 0.122 e. The van der Waals surface area contributed by atoms with Crippen LogP contribution in [-0.2, 0) is 5.75 Å². The topological polar surface area (TPSA) is 35.2 Å². The van der Waals surface area contributed by atoms with Crippen LogP contribution in [0.1, 0.15) is 11.1 Å². The van der Waals surface area contributed by atoms with Crippen molar-refractivity contribution in [3.05, 3.63) is 52.5 Å². The van der Waals surface area contributed by atoms with Crippen LogP contribution in [0.15, 0.2) is 41.3 Å². The first-order valence-electron chi connectivity index (χ1n) is 5.91. The molecule has 0 aromatic heterocycles. The summed E-state index contributed by atoms with van der Waals surface area (Å²) >= 11 is 7.85. The predicted octanol–water partition coefficient (Wildman–Crippen LogP) is 4.53. The van der Waals surface area contributed by atoms with Gasteiger partial charge in [0.25, 0.3) is 0 Å². The second-order valence-corrected chi connectivity index (χ2v) is 5.72. The monoisotopic (exact) mass is 293 g/mol. The highest BCUT2D eigenvalue weighted by Gasteiger charge is 2.06. The van der Waals surface area contributed by atoms with Crippen molar-refractivity contribution in [2.24, 2.45) is 0 Å². The van der Waals surface area contributed by atoms with E-state index in [9.17, 15) is 0 Å². The maximum atomic E-state index is 6.17. The van der Waals surface area contributed by atoms with Crippen molar-refractivity contribution in [2.45, 2.75) is 17.6 Å². The second-order valence-electron chi connectivity index (χ2n) is 4.29. The summed E-state index contributed by atoms with van der Waals surface area (Å²) in [5.74, 6) is 1.72. The van der Waals surface area contributed by atoms with E-state index in [0.29, 0.717) is 10.7 Å². The van der Waals surface area contributed by atoms with E-state index in [0.717, 1.165) is 16.4 Å². The van der Waals surface area contributed by atoms with Crippen molar-refractivity contribution in [3.8, 4) is 5.75 Å². The number of nitrogen functional groups attached to an aromatic ring is 1. The average molecular weight is 294 g/mol. The van der Waals surface area contributed by atoms with Gasteiger partial charge in [-0.2, -0.15) is 0 Å². The molecule has 2 nitrogen and oxygen atoms in total. The lowest BCUT2D eigenvalue weighted by molar-refractivity contribution is 0.411. The third kappa shape index (κ3) is 3.58. The second kappa shape index (κ2) is 6.22. The van der Waals surface area contributed by atoms with Gasteiger partial charge in [-0.15, -0.1) is 11.8 Å². The summed E-state index contributed by atoms with van der Waals surface area (Å²) in [5, 5.41) is 0.691. The molecule has 0 spiro atoms. The molecule has 0 bridgehead atoms. The molecule has 0 saturated heterocycles. The van der Waals surface area contributed by atoms with Gasteiger partial charge < -0.3 is 10.5 Å². The summed E-state index contributed by atoms with van der Waals surface area (Å²) in [6, 6.07) is 11.8. The molecule has 0 amide bonds. The number of hydrogen-bond acceptors (Lipinski definition) is 3. The van der Waals surface area contributed by atoms with Gasteiger partial charge in [0.15, 0.2) is 0 Å². The Kier molecular flexibility index (Phi) is 4.61. The highest BCUT2D eigenvalue weighted by Crippen LogP contribution is 2.33. The van der Waals surface area contributed by atoms with Gasteiger partial charge in [-0.05, 0) is 31.2 Å². The summed E-state index contributed by atoms with van der Waals surface area (Å²) in [4.78, 5) is 1.03. The molecule has 4 heteroatoms. The van der Waals surface area contributed by atoms with Gasteiger partial charge >= 0.3 is 0 Å². The molecule has 0 fully saturated rings. The van der Waals surface area contributed by atoms with Crippen molar-refractivity contribution in [2.75, 3.05) is 12.8 Å². The number of methoxy groups -OCH3 is 1. The number of nitrogens with two attached hydrogens (primary N) is 1. The van der Waals surface area contributed by atoms with E-state index in [-0.39, 0.29) is 0 Å². The first kappa shape index (κ1) is 14.1. The van der Waals surface area contributed by atoms with E-state index in [2.05, 4.69) is 13.0 Å². The van der Waals surface area contributed by atoms with Crippen LogP contribution in [0.25, 0.3) is 0 Å². The van der Waals surface area contributed by atoms with Crippen LogP contribution < -0.4 is 10.5 Å². The Morgan fingerprint density at radius 2 is 2.00 bits per heavy atom. The lowest BCUT2D eigenvalue weighted by Gasteiger charge is -2.10. The Bertz CT molecular complexity index is 586. The number of halogens is 1. The number of anilines is 1. The molecule has 0 unspecified atom stereocenters. The van der Waals surface area contributed by atoms with Gasteiger partial charge in [0.1, 0.15) is 5.75 Å². The molecule has 0 atom stereocenters. The minimum Gasteiger partial charge on any atom is -0.496 e. The molecule has 19 heavy (non-hydrogen) atoms. The first-order chi connectivity index (χ1) is 9.10. The van der Waals surface area contributed by atoms with Gasteiger partial charge in [-0.25, -0.2) is 0 Å². The van der Waals surface area contributed by atoms with Crippen molar-refractivity contribution in [3.63, 3.8) is 0 Å². The number of benzene rings is 2. The Morgan fingerprint density at radius 3 is 2.68 bits per heavy atom. The average Bonchev–Trinajstić information content (AvgIpc) is 2.38. The molecule has 0 heterocycles. The van der Waals surface area contributed by atoms with Gasteiger partial charge in [0.2, 0.25) is 0 Å². The molecule has 100 valence electrons. The summed E-state index contributed by atoms with van der Waals surface area (Å²) in [6.07, 6.45) is 0. The normalized spacial score (nSPS) is 10.5. The van der Waals surface area contributed by atoms with E-state index >= 15 is 0 Å². The summed E-state index contributed by atoms with van der Waals surface area (Å²) in [7, 11) is 1.69. The Hall–Kier alpha value is -1.32. The van der Waals surface area contributed by atoms with Crippen LogP contribution in [0, 0.1) is 6.92 Å². The molecule has 2 N–H and O–H groups in total. The zero-order chi connectivity index (χ0) is 13.8. The van der Waals surface area contributed by atoms with Crippen molar-refractivity contribution in [1.82, 2.24) is 0 Å². The summed E-state index contributed by atoms with van der Waals surface area (Å²) in [5.41, 5.74) is 8.76. The molecule has 0 aliphatic heterocycles. The smallest absolute Gasteiger partial charge is 0.122 e. The molecule has 0 radical (unpaired) electrons. The fourth-order valence-electron chi connectivity index (χ4n) is 1.81. The fourth-order valence-corrected chi connectivity index (χ4v) is 3.06. The quantitative estimate of drug-likeness (QED) is 0.664. The Labute approximate surface area is 122 Å². The fraction of sp³-hybridized carbons (Fsp3) is 0.200. The van der Waals surface area contributed by atoms with Gasteiger partial charge in [0.05, 0.1) is 12.1 Å². The number of aryl methyl sites for hydroxylation is 1. The molecule has 0 saturated carbocycles. The van der Waals surface area contributed by atoms with Crippen molar-refractivity contribution >= 4 is 29.1 Å². The van der Waals surface area contributed by atoms with Crippen LogP contribution in [0.4, 0.5) is 5.69 Å². The molecule has 2 aromatic rings. The van der Waals surface area contributed by atoms with Crippen LogP contribution in [0.5, 0.6) is 5.75 Å². The summed E-state index contributed by atoms with van der Waals surface area (Å²) in [6.45, 7) is 2.07. The third-order valence-corrected chi connectivity index (χ3v) is 4.32. The van der Waals surface area contributed by atoms with E-state index in [1.54, 1.807) is 24.9 Å².